The highest BCUT2D eigenvalue weighted by molar-refractivity contribution is 8.26. The van der Waals surface area contributed by atoms with Crippen molar-refractivity contribution < 1.29 is 14.6 Å². The van der Waals surface area contributed by atoms with Crippen molar-refractivity contribution in [2.75, 3.05) is 6.61 Å². The summed E-state index contributed by atoms with van der Waals surface area (Å²) < 4.78 is 5.93. The molecule has 1 aliphatic heterocycles. The van der Waals surface area contributed by atoms with Crippen molar-refractivity contribution >= 4 is 40.3 Å². The molecule has 0 spiro atoms. The molecule has 0 aromatic heterocycles. The van der Waals surface area contributed by atoms with Crippen LogP contribution >= 0.6 is 24.0 Å². The van der Waals surface area contributed by atoms with Gasteiger partial charge in [-0.3, -0.25) is 9.69 Å². The Balaban J connectivity index is 1.82. The second-order valence-corrected chi connectivity index (χ2v) is 7.09. The van der Waals surface area contributed by atoms with Crippen LogP contribution in [0.2, 0.25) is 0 Å². The normalized spacial score (nSPS) is 15.9. The second-order valence-electron chi connectivity index (χ2n) is 5.41. The van der Waals surface area contributed by atoms with Gasteiger partial charge in [-0.25, -0.2) is 0 Å². The number of phenols is 1. The van der Waals surface area contributed by atoms with Gasteiger partial charge in [-0.05, 0) is 36.3 Å². The average Bonchev–Trinajstić information content (AvgIpc) is 2.86. The summed E-state index contributed by atoms with van der Waals surface area (Å²) in [4.78, 5) is 14.8. The number of amides is 1. The Morgan fingerprint density at radius 1 is 1.24 bits per heavy atom. The third-order valence-electron chi connectivity index (χ3n) is 3.64. The molecular formula is C19H17NO3S2. The molecule has 4 nitrogen and oxygen atoms in total. The van der Waals surface area contributed by atoms with Crippen LogP contribution in [0.4, 0.5) is 0 Å². The van der Waals surface area contributed by atoms with Crippen LogP contribution < -0.4 is 4.74 Å². The third kappa shape index (κ3) is 4.03. The Morgan fingerprint density at radius 2 is 2.00 bits per heavy atom. The van der Waals surface area contributed by atoms with Crippen LogP contribution in [0.5, 0.6) is 11.5 Å². The maximum Gasteiger partial charge on any atom is 0.266 e. The van der Waals surface area contributed by atoms with E-state index < -0.39 is 0 Å². The molecule has 1 heterocycles. The Morgan fingerprint density at radius 3 is 2.72 bits per heavy atom. The number of benzene rings is 2. The molecule has 128 valence electrons. The molecular weight excluding hydrogens is 354 g/mol. The first-order valence-electron chi connectivity index (χ1n) is 7.83. The Hall–Kier alpha value is -2.31. The minimum Gasteiger partial charge on any atom is -0.504 e. The Bertz CT molecular complexity index is 834. The van der Waals surface area contributed by atoms with E-state index in [0.29, 0.717) is 28.1 Å². The van der Waals surface area contributed by atoms with Crippen molar-refractivity contribution in [1.82, 2.24) is 4.90 Å². The standard InChI is InChI=1S/C19H17NO3S2/c1-2-23-16-10-14(8-9-15(16)21)11-17-18(22)20(19(24)25-17)12-13-6-4-3-5-7-13/h3-11,21H,2,12H2,1H3. The number of rotatable bonds is 5. The summed E-state index contributed by atoms with van der Waals surface area (Å²) >= 11 is 6.65. The van der Waals surface area contributed by atoms with E-state index in [1.807, 2.05) is 37.3 Å². The van der Waals surface area contributed by atoms with Gasteiger partial charge in [0.15, 0.2) is 11.5 Å². The summed E-state index contributed by atoms with van der Waals surface area (Å²) in [6, 6.07) is 14.8. The summed E-state index contributed by atoms with van der Waals surface area (Å²) in [7, 11) is 0. The summed E-state index contributed by atoms with van der Waals surface area (Å²) in [6.45, 7) is 2.76. The van der Waals surface area contributed by atoms with Gasteiger partial charge in [0.25, 0.3) is 5.91 Å². The lowest BCUT2D eigenvalue weighted by Crippen LogP contribution is -2.27. The zero-order chi connectivity index (χ0) is 17.8. The highest BCUT2D eigenvalue weighted by atomic mass is 32.2. The number of aromatic hydroxyl groups is 1. The van der Waals surface area contributed by atoms with Crippen molar-refractivity contribution in [2.24, 2.45) is 0 Å². The van der Waals surface area contributed by atoms with Crippen LogP contribution in [0.15, 0.2) is 53.4 Å². The van der Waals surface area contributed by atoms with Crippen LogP contribution in [-0.2, 0) is 11.3 Å². The Kier molecular flexibility index (Phi) is 5.40. The van der Waals surface area contributed by atoms with Crippen LogP contribution in [-0.4, -0.2) is 26.8 Å². The number of carbonyl (C=O) groups excluding carboxylic acids is 1. The minimum atomic E-state index is -0.107. The number of ether oxygens (including phenoxy) is 1. The van der Waals surface area contributed by atoms with Crippen molar-refractivity contribution in [3.05, 3.63) is 64.6 Å². The first kappa shape index (κ1) is 17.5. The topological polar surface area (TPSA) is 49.8 Å². The van der Waals surface area contributed by atoms with Crippen molar-refractivity contribution in [2.45, 2.75) is 13.5 Å². The fourth-order valence-corrected chi connectivity index (χ4v) is 3.70. The van der Waals surface area contributed by atoms with E-state index in [2.05, 4.69) is 0 Å². The molecule has 1 N–H and O–H groups in total. The van der Waals surface area contributed by atoms with Crippen LogP contribution in [0.25, 0.3) is 6.08 Å². The lowest BCUT2D eigenvalue weighted by Gasteiger charge is -2.14. The van der Waals surface area contributed by atoms with E-state index in [9.17, 15) is 9.90 Å². The summed E-state index contributed by atoms with van der Waals surface area (Å²) in [5.41, 5.74) is 1.81. The monoisotopic (exact) mass is 371 g/mol. The quantitative estimate of drug-likeness (QED) is 0.631. The fraction of sp³-hybridized carbons (Fsp3) is 0.158. The molecule has 1 amide bonds. The van der Waals surface area contributed by atoms with Gasteiger partial charge in [0.05, 0.1) is 18.1 Å². The number of carbonyl (C=O) groups is 1. The average molecular weight is 371 g/mol. The summed E-state index contributed by atoms with van der Waals surface area (Å²) in [6.07, 6.45) is 1.77. The summed E-state index contributed by atoms with van der Waals surface area (Å²) in [5, 5.41) is 9.78. The Labute approximate surface area is 156 Å². The molecule has 1 fully saturated rings. The molecule has 0 aliphatic carbocycles. The van der Waals surface area contributed by atoms with Gasteiger partial charge in [-0.15, -0.1) is 0 Å². The minimum absolute atomic E-state index is 0.0793. The molecule has 0 unspecified atom stereocenters. The van der Waals surface area contributed by atoms with Gasteiger partial charge in [0.1, 0.15) is 4.32 Å². The zero-order valence-corrected chi connectivity index (χ0v) is 15.3. The van der Waals surface area contributed by atoms with E-state index in [-0.39, 0.29) is 11.7 Å². The third-order valence-corrected chi connectivity index (χ3v) is 5.02. The molecule has 0 saturated carbocycles. The van der Waals surface area contributed by atoms with Crippen LogP contribution in [0.1, 0.15) is 18.1 Å². The molecule has 2 aromatic rings. The highest BCUT2D eigenvalue weighted by Gasteiger charge is 2.31. The second kappa shape index (κ2) is 7.72. The molecule has 1 saturated heterocycles. The van der Waals surface area contributed by atoms with Crippen molar-refractivity contribution in [3.8, 4) is 11.5 Å². The lowest BCUT2D eigenvalue weighted by atomic mass is 10.1. The lowest BCUT2D eigenvalue weighted by molar-refractivity contribution is -0.122. The zero-order valence-electron chi connectivity index (χ0n) is 13.6. The number of hydrogen-bond acceptors (Lipinski definition) is 5. The molecule has 0 atom stereocenters. The van der Waals surface area contributed by atoms with Crippen LogP contribution in [0, 0.1) is 0 Å². The van der Waals surface area contributed by atoms with Crippen molar-refractivity contribution in [1.29, 1.82) is 0 Å². The number of thiocarbonyl (C=S) groups is 1. The molecule has 2 aromatic carbocycles. The SMILES string of the molecule is CCOc1cc(C=C2SC(=S)N(Cc3ccccc3)C2=O)ccc1O. The predicted molar refractivity (Wildman–Crippen MR) is 104 cm³/mol. The van der Waals surface area contributed by atoms with Crippen LogP contribution in [0.3, 0.4) is 0 Å². The van der Waals surface area contributed by atoms with Gasteiger partial charge >= 0.3 is 0 Å². The largest absolute Gasteiger partial charge is 0.504 e. The molecule has 25 heavy (non-hydrogen) atoms. The first-order chi connectivity index (χ1) is 12.1. The van der Waals surface area contributed by atoms with E-state index in [4.69, 9.17) is 17.0 Å². The summed E-state index contributed by atoms with van der Waals surface area (Å²) in [5.74, 6) is 0.372. The molecule has 0 bridgehead atoms. The molecule has 1 aliphatic rings. The number of nitrogens with zero attached hydrogens (tertiary/aromatic N) is 1. The van der Waals surface area contributed by atoms with E-state index in [1.165, 1.54) is 11.8 Å². The van der Waals surface area contributed by atoms with Gasteiger partial charge in [0.2, 0.25) is 0 Å². The molecule has 6 heteroatoms. The van der Waals surface area contributed by atoms with Gasteiger partial charge < -0.3 is 9.84 Å². The number of phenolic OH excluding ortho intramolecular Hbond substituents is 1. The van der Waals surface area contributed by atoms with Gasteiger partial charge in [-0.2, -0.15) is 0 Å². The smallest absolute Gasteiger partial charge is 0.266 e. The van der Waals surface area contributed by atoms with E-state index >= 15 is 0 Å². The molecule has 3 rings (SSSR count). The van der Waals surface area contributed by atoms with Crippen molar-refractivity contribution in [3.63, 3.8) is 0 Å². The van der Waals surface area contributed by atoms with E-state index in [1.54, 1.807) is 29.2 Å². The number of thioether (sulfide) groups is 1. The van der Waals surface area contributed by atoms with E-state index in [0.717, 1.165) is 11.1 Å². The first-order valence-corrected chi connectivity index (χ1v) is 9.06. The fourth-order valence-electron chi connectivity index (χ4n) is 2.45. The predicted octanol–water partition coefficient (Wildman–Crippen LogP) is 4.19. The molecule has 0 radical (unpaired) electrons. The van der Waals surface area contributed by atoms with Gasteiger partial charge in [-0.1, -0.05) is 60.4 Å². The number of hydrogen-bond donors (Lipinski definition) is 1. The van der Waals surface area contributed by atoms with Gasteiger partial charge in [0, 0.05) is 0 Å². The maximum atomic E-state index is 12.7. The highest BCUT2D eigenvalue weighted by Crippen LogP contribution is 2.35. The maximum absolute atomic E-state index is 12.7.